The van der Waals surface area contributed by atoms with Gasteiger partial charge in [-0.1, -0.05) is 315 Å². The van der Waals surface area contributed by atoms with Crippen LogP contribution in [0.4, 0.5) is 0 Å². The quantitative estimate of drug-likeness (QED) is 0.0166. The number of aliphatic hydroxyl groups excluding tert-OH is 1. The first-order chi connectivity index (χ1) is 50.9. The summed E-state index contributed by atoms with van der Waals surface area (Å²) in [5.41, 5.74) is 3.62. The van der Waals surface area contributed by atoms with E-state index >= 15 is 0 Å². The lowest BCUT2D eigenvalue weighted by molar-refractivity contribution is -0.144. The molecule has 580 valence electrons. The molecule has 9 rings (SSSR count). The molecule has 9 aromatic rings. The summed E-state index contributed by atoms with van der Waals surface area (Å²) < 4.78 is 29.2. The van der Waals surface area contributed by atoms with Crippen LogP contribution >= 0.6 is 0 Å². The van der Waals surface area contributed by atoms with E-state index in [1.54, 1.807) is 68.4 Å². The lowest BCUT2D eigenvalue weighted by Crippen LogP contribution is -2.66. The molecule has 0 aliphatic heterocycles. The summed E-state index contributed by atoms with van der Waals surface area (Å²) in [5.74, 6) is 1.03. The molecule has 9 aromatic carbocycles. The second kappa shape index (κ2) is 43.0. The van der Waals surface area contributed by atoms with Crippen molar-refractivity contribution < 1.29 is 63.0 Å². The molecule has 0 fully saturated rings. The molecular formula is C93H122O13Si2. The van der Waals surface area contributed by atoms with Crippen LogP contribution in [-0.4, -0.2) is 93.1 Å². The highest BCUT2D eigenvalue weighted by Gasteiger charge is 2.52. The first kappa shape index (κ1) is 91.0. The van der Waals surface area contributed by atoms with Gasteiger partial charge in [-0.25, -0.2) is 4.79 Å². The van der Waals surface area contributed by atoms with Gasteiger partial charge in [-0.15, -0.1) is 0 Å². The van der Waals surface area contributed by atoms with Gasteiger partial charge in [0.15, 0.2) is 0 Å². The minimum absolute atomic E-state index is 0.0330. The van der Waals surface area contributed by atoms with Crippen molar-refractivity contribution in [3.8, 4) is 28.7 Å². The maximum Gasteiger partial charge on any atom is 0.330 e. The predicted octanol–water partition coefficient (Wildman–Crippen LogP) is 19.1. The monoisotopic (exact) mass is 1500 g/mol. The van der Waals surface area contributed by atoms with Crippen LogP contribution in [0.2, 0.25) is 10.1 Å². The highest BCUT2D eigenvalue weighted by Crippen LogP contribution is 2.42. The molecule has 0 atom stereocenters. The molecule has 108 heavy (non-hydrogen) atoms. The number of hydrogen-bond donors (Lipinski definition) is 5. The zero-order valence-corrected chi connectivity index (χ0v) is 69.6. The van der Waals surface area contributed by atoms with Gasteiger partial charge in [-0.05, 0) is 142 Å². The van der Waals surface area contributed by atoms with Crippen molar-refractivity contribution in [1.82, 2.24) is 0 Å². The average molecular weight is 1500 g/mol. The Balaban J connectivity index is 0.000000297. The minimum atomic E-state index is -2.58. The number of carbonyl (C=O) groups is 3. The lowest BCUT2D eigenvalue weighted by Gasteiger charge is -2.43. The van der Waals surface area contributed by atoms with Gasteiger partial charge in [0, 0.05) is 49.4 Å². The molecule has 15 heteroatoms. The van der Waals surface area contributed by atoms with Gasteiger partial charge >= 0.3 is 17.9 Å². The molecule has 0 spiro atoms. The summed E-state index contributed by atoms with van der Waals surface area (Å²) in [6.45, 7) is 41.3. The van der Waals surface area contributed by atoms with E-state index in [2.05, 4.69) is 195 Å². The van der Waals surface area contributed by atoms with E-state index in [0.717, 1.165) is 40.7 Å². The number of benzene rings is 9. The Morgan fingerprint density at radius 2 is 0.667 bits per heavy atom. The molecular weight excluding hydrogens is 1380 g/mol. The van der Waals surface area contributed by atoms with Gasteiger partial charge in [-0.2, -0.15) is 0 Å². The van der Waals surface area contributed by atoms with E-state index in [1.807, 2.05) is 114 Å². The van der Waals surface area contributed by atoms with Crippen LogP contribution < -0.4 is 25.5 Å². The fourth-order valence-corrected chi connectivity index (χ4v) is 22.2. The lowest BCUT2D eigenvalue weighted by atomic mass is 9.81. The van der Waals surface area contributed by atoms with Crippen LogP contribution in [0.1, 0.15) is 179 Å². The van der Waals surface area contributed by atoms with Gasteiger partial charge in [-0.3, -0.25) is 9.59 Å². The van der Waals surface area contributed by atoms with Crippen molar-refractivity contribution in [3.63, 3.8) is 0 Å². The predicted molar refractivity (Wildman–Crippen MR) is 448 cm³/mol. The summed E-state index contributed by atoms with van der Waals surface area (Å²) in [5, 5.41) is 52.2. The number of para-hydroxylation sites is 5. The molecule has 0 saturated carbocycles. The fourth-order valence-electron chi connectivity index (χ4n) is 13.0. The third kappa shape index (κ3) is 27.4. The molecule has 0 heterocycles. The van der Waals surface area contributed by atoms with Gasteiger partial charge in [0.25, 0.3) is 16.6 Å². The largest absolute Gasteiger partial charge is 0.508 e. The van der Waals surface area contributed by atoms with Gasteiger partial charge < -0.3 is 48.6 Å². The van der Waals surface area contributed by atoms with Crippen LogP contribution in [0.25, 0.3) is 0 Å². The van der Waals surface area contributed by atoms with E-state index in [9.17, 15) is 29.7 Å². The molecule has 0 unspecified atom stereocenters. The molecule has 13 nitrogen and oxygen atoms in total. The number of esters is 3. The zero-order chi connectivity index (χ0) is 80.4. The Bertz CT molecular complexity index is 4060. The second-order valence-corrected chi connectivity index (χ2v) is 40.1. The van der Waals surface area contributed by atoms with Crippen molar-refractivity contribution in [2.24, 2.45) is 0 Å². The summed E-state index contributed by atoms with van der Waals surface area (Å²) in [6, 6.07) is 81.3. The van der Waals surface area contributed by atoms with Crippen LogP contribution in [-0.2, 0) is 54.4 Å². The van der Waals surface area contributed by atoms with Crippen LogP contribution in [0.3, 0.4) is 0 Å². The van der Waals surface area contributed by atoms with E-state index in [4.69, 9.17) is 28.5 Å². The Kier molecular flexibility index (Phi) is 36.2. The molecule has 0 aromatic heterocycles. The second-order valence-electron chi connectivity index (χ2n) is 31.5. The van der Waals surface area contributed by atoms with Crippen LogP contribution in [0.5, 0.6) is 28.7 Å². The number of aliphatic hydroxyl groups is 1. The highest BCUT2D eigenvalue weighted by atomic mass is 28.4. The van der Waals surface area contributed by atoms with E-state index < -0.39 is 22.0 Å². The SMILES string of the molecule is CC(=O)Oc1ccccc1C(C)(C)CCO[Si](c1ccccc1)(c1ccccc1)C(C)(C)C.CC(C)(CCO)c1ccccc1O.CC(C)(CCO[Si](c1ccccc1)(c1ccccc1)C(C)(C)C)c1ccccc1O.CCOC(=O)C=C(C)C.CCOC(=O)CC(C)(C)c1ccccc1O.Oc1ccccc1. The highest BCUT2D eigenvalue weighted by molar-refractivity contribution is 7.00. The molecule has 5 N–H and O–H groups in total. The van der Waals surface area contributed by atoms with Gasteiger partial charge in [0.1, 0.15) is 28.7 Å². The average Bonchev–Trinajstić information content (AvgIpc) is 0.751. The summed E-state index contributed by atoms with van der Waals surface area (Å²) in [4.78, 5) is 33.6. The van der Waals surface area contributed by atoms with Crippen molar-refractivity contribution in [2.75, 3.05) is 33.0 Å². The number of rotatable bonds is 24. The van der Waals surface area contributed by atoms with Crippen molar-refractivity contribution in [2.45, 2.75) is 189 Å². The van der Waals surface area contributed by atoms with Crippen LogP contribution in [0, 0.1) is 0 Å². The van der Waals surface area contributed by atoms with E-state index in [1.165, 1.54) is 33.7 Å². The number of hydrogen-bond acceptors (Lipinski definition) is 13. The summed E-state index contributed by atoms with van der Waals surface area (Å²) in [7, 11) is -5.10. The number of aromatic hydroxyl groups is 4. The number of phenols is 4. The third-order valence-corrected chi connectivity index (χ3v) is 28.9. The standard InChI is InChI=1S/C29H36O3Si.C27H34O2Si.C13H18O3.C11H16O2.C7H12O2.C6H6O/c1-23(30)32-27-20-14-13-19-26(27)29(5,6)21-22-31-33(28(2,3)4,24-15-9-7-10-16-24)25-17-11-8-12-18-25;1-26(2,3)30(22-14-8-6-9-15-22,23-16-10-7-11-17-23)29-21-20-27(4,5)24-18-12-13-19-25(24)28;1-4-16-12(15)9-13(2,3)10-7-5-6-8-11(10)14;1-11(2,7-8-12)9-5-3-4-6-10(9)13;1-4-9-7(8)5-6(2)3;7-6-4-2-1-3-5-6/h7-20H,21-22H2,1-6H3;6-19,28H,20-21H2,1-5H3;5-8,14H,4,9H2,1-3H3;3-6,12-13H,7-8H2,1-2H3;5H,4H2,1-3H3;1-5,7H. The third-order valence-electron chi connectivity index (χ3n) is 18.8. The smallest absolute Gasteiger partial charge is 0.330 e. The Morgan fingerprint density at radius 3 is 0.963 bits per heavy atom. The Hall–Kier alpha value is -9.36. The van der Waals surface area contributed by atoms with Crippen molar-refractivity contribution in [3.05, 3.63) is 283 Å². The molecule has 0 aliphatic carbocycles. The first-order valence-electron chi connectivity index (χ1n) is 37.3. The molecule has 0 bridgehead atoms. The van der Waals surface area contributed by atoms with Gasteiger partial charge in [0.2, 0.25) is 0 Å². The number of ether oxygens (including phenoxy) is 3. The summed E-state index contributed by atoms with van der Waals surface area (Å²) in [6.07, 6.45) is 4.03. The number of allylic oxidation sites excluding steroid dienone is 1. The molecule has 0 amide bonds. The maximum absolute atomic E-state index is 11.6. The molecule has 0 aliphatic rings. The molecule has 0 saturated heterocycles. The van der Waals surface area contributed by atoms with Crippen molar-refractivity contribution >= 4 is 55.3 Å². The number of carbonyl (C=O) groups excluding carboxylic acids is 3. The Morgan fingerprint density at radius 1 is 0.370 bits per heavy atom. The van der Waals surface area contributed by atoms with Crippen LogP contribution in [0.15, 0.2) is 260 Å². The summed E-state index contributed by atoms with van der Waals surface area (Å²) >= 11 is 0. The van der Waals surface area contributed by atoms with Gasteiger partial charge in [0.05, 0.1) is 19.6 Å². The van der Waals surface area contributed by atoms with E-state index in [-0.39, 0.29) is 63.0 Å². The van der Waals surface area contributed by atoms with E-state index in [0.29, 0.717) is 55.8 Å². The number of phenolic OH excluding ortho intramolecular Hbond substituents is 4. The fraction of sp³-hybridized carbons (Fsp3) is 0.366. The maximum atomic E-state index is 11.6. The minimum Gasteiger partial charge on any atom is -0.508 e. The first-order valence-corrected chi connectivity index (χ1v) is 41.1. The normalized spacial score (nSPS) is 11.6. The zero-order valence-electron chi connectivity index (χ0n) is 67.6. The van der Waals surface area contributed by atoms with Crippen molar-refractivity contribution in [1.29, 1.82) is 0 Å². The molecule has 0 radical (unpaired) electrons. The Labute approximate surface area is 647 Å². The topological polar surface area (TPSA) is 199 Å².